The van der Waals surface area contributed by atoms with E-state index in [4.69, 9.17) is 21.1 Å². The van der Waals surface area contributed by atoms with Crippen LogP contribution in [0.5, 0.6) is 11.5 Å². The third-order valence-electron chi connectivity index (χ3n) is 6.80. The highest BCUT2D eigenvalue weighted by Crippen LogP contribution is 2.32. The van der Waals surface area contributed by atoms with Crippen molar-refractivity contribution >= 4 is 39.1 Å². The van der Waals surface area contributed by atoms with Crippen LogP contribution in [0.4, 0.5) is 10.1 Å². The third-order valence-corrected chi connectivity index (χ3v) is 8.94. The predicted octanol–water partition coefficient (Wildman–Crippen LogP) is 5.02. The molecule has 0 aliphatic rings. The zero-order valence-corrected chi connectivity index (χ0v) is 25.7. The van der Waals surface area contributed by atoms with Crippen molar-refractivity contribution in [2.24, 2.45) is 0 Å². The lowest BCUT2D eigenvalue weighted by atomic mass is 10.1. The van der Waals surface area contributed by atoms with Gasteiger partial charge in [0.1, 0.15) is 18.4 Å². The van der Waals surface area contributed by atoms with Crippen LogP contribution in [0.15, 0.2) is 71.6 Å². The largest absolute Gasteiger partial charge is 0.493 e. The Kier molecular flexibility index (Phi) is 11.2. The lowest BCUT2D eigenvalue weighted by Crippen LogP contribution is -2.52. The molecule has 0 heterocycles. The van der Waals surface area contributed by atoms with Gasteiger partial charge in [0.2, 0.25) is 11.8 Å². The monoisotopic (exact) mass is 619 g/mol. The number of nitrogens with zero attached hydrogens (tertiary/aromatic N) is 2. The molecule has 3 aromatic rings. The van der Waals surface area contributed by atoms with Gasteiger partial charge >= 0.3 is 0 Å². The van der Waals surface area contributed by atoms with Crippen molar-refractivity contribution in [2.45, 2.75) is 50.7 Å². The molecule has 3 rings (SSSR count). The number of amides is 2. The van der Waals surface area contributed by atoms with Gasteiger partial charge in [0.15, 0.2) is 11.5 Å². The predicted molar refractivity (Wildman–Crippen MR) is 160 cm³/mol. The molecule has 1 N–H and O–H groups in total. The van der Waals surface area contributed by atoms with E-state index in [0.717, 1.165) is 16.4 Å². The first-order valence-corrected chi connectivity index (χ1v) is 15.1. The number of sulfonamides is 1. The van der Waals surface area contributed by atoms with E-state index in [1.54, 1.807) is 31.2 Å². The van der Waals surface area contributed by atoms with Crippen LogP contribution in [-0.2, 0) is 26.2 Å². The van der Waals surface area contributed by atoms with Gasteiger partial charge in [-0.2, -0.15) is 0 Å². The number of hydrogen-bond donors (Lipinski definition) is 1. The Morgan fingerprint density at radius 1 is 0.976 bits per heavy atom. The van der Waals surface area contributed by atoms with Crippen LogP contribution in [0, 0.1) is 5.82 Å². The fourth-order valence-electron chi connectivity index (χ4n) is 4.10. The van der Waals surface area contributed by atoms with Gasteiger partial charge in [-0.25, -0.2) is 12.8 Å². The van der Waals surface area contributed by atoms with Gasteiger partial charge in [-0.3, -0.25) is 13.9 Å². The summed E-state index contributed by atoms with van der Waals surface area (Å²) in [5, 5.41) is 3.26. The van der Waals surface area contributed by atoms with E-state index in [-0.39, 0.29) is 28.9 Å². The minimum absolute atomic E-state index is 0.0499. The van der Waals surface area contributed by atoms with Gasteiger partial charge in [-0.15, -0.1) is 0 Å². The topological polar surface area (TPSA) is 105 Å². The molecule has 0 unspecified atom stereocenters. The molecule has 9 nitrogen and oxygen atoms in total. The number of ether oxygens (including phenoxy) is 2. The summed E-state index contributed by atoms with van der Waals surface area (Å²) in [5.74, 6) is -1.17. The van der Waals surface area contributed by atoms with Crippen molar-refractivity contribution in [3.8, 4) is 11.5 Å². The number of halogens is 2. The lowest BCUT2D eigenvalue weighted by molar-refractivity contribution is -0.139. The van der Waals surface area contributed by atoms with E-state index in [0.29, 0.717) is 22.8 Å². The Hall–Kier alpha value is -3.83. The van der Waals surface area contributed by atoms with Gasteiger partial charge in [-0.05, 0) is 68.3 Å². The first-order chi connectivity index (χ1) is 19.9. The smallest absolute Gasteiger partial charge is 0.264 e. The summed E-state index contributed by atoms with van der Waals surface area (Å²) in [7, 11) is -1.61. The van der Waals surface area contributed by atoms with Crippen molar-refractivity contribution < 1.29 is 31.9 Å². The molecular weight excluding hydrogens is 585 g/mol. The molecule has 3 aromatic carbocycles. The van der Waals surface area contributed by atoms with Crippen LogP contribution < -0.4 is 19.1 Å². The molecule has 0 bridgehead atoms. The maximum absolute atomic E-state index is 14.0. The van der Waals surface area contributed by atoms with E-state index in [1.807, 2.05) is 13.8 Å². The number of rotatable bonds is 13. The number of nitrogens with one attached hydrogen (secondary N) is 1. The average molecular weight is 620 g/mol. The molecule has 0 saturated heterocycles. The van der Waals surface area contributed by atoms with Crippen LogP contribution in [0.3, 0.4) is 0 Å². The quantitative estimate of drug-likeness (QED) is 0.288. The summed E-state index contributed by atoms with van der Waals surface area (Å²) in [4.78, 5) is 28.2. The molecule has 2 atom stereocenters. The summed E-state index contributed by atoms with van der Waals surface area (Å²) in [6.45, 7) is 4.59. The SMILES string of the molecule is CC[C@@H](C)NC(=O)[C@@H](C)N(Cc1ccccc1Cl)C(=O)CN(c1ccc(F)cc1)S(=O)(=O)c1ccc(OC)c(OC)c1. The number of anilines is 1. The van der Waals surface area contributed by atoms with Gasteiger partial charge in [-0.1, -0.05) is 36.7 Å². The van der Waals surface area contributed by atoms with E-state index >= 15 is 0 Å². The zero-order chi connectivity index (χ0) is 31.0. The number of methoxy groups -OCH3 is 2. The van der Waals surface area contributed by atoms with E-state index in [9.17, 15) is 22.4 Å². The Morgan fingerprint density at radius 3 is 2.21 bits per heavy atom. The van der Waals surface area contributed by atoms with Crippen molar-refractivity contribution in [1.82, 2.24) is 10.2 Å². The van der Waals surface area contributed by atoms with Gasteiger partial charge < -0.3 is 19.7 Å². The maximum atomic E-state index is 14.0. The van der Waals surface area contributed by atoms with Crippen molar-refractivity contribution in [3.05, 3.63) is 83.1 Å². The maximum Gasteiger partial charge on any atom is 0.264 e. The Balaban J connectivity index is 2.07. The molecular formula is C30H35ClFN3O6S. The van der Waals surface area contributed by atoms with Crippen molar-refractivity contribution in [2.75, 3.05) is 25.1 Å². The summed E-state index contributed by atoms with van der Waals surface area (Å²) in [5.41, 5.74) is 0.626. The summed E-state index contributed by atoms with van der Waals surface area (Å²) in [6, 6.07) is 14.5. The molecule has 0 aliphatic carbocycles. The van der Waals surface area contributed by atoms with E-state index in [2.05, 4.69) is 5.32 Å². The normalized spacial score (nSPS) is 12.6. The standard InChI is InChI=1S/C30H35ClFN3O6S/c1-6-20(2)33-30(37)21(3)34(18-22-9-7-8-10-26(22)31)29(36)19-35(24-13-11-23(32)12-14-24)42(38,39)25-15-16-27(40-4)28(17-25)41-5/h7-17,20-21H,6,18-19H2,1-5H3,(H,33,37)/t20-,21-/m1/s1. The minimum Gasteiger partial charge on any atom is -0.493 e. The highest BCUT2D eigenvalue weighted by atomic mass is 35.5. The van der Waals surface area contributed by atoms with Gasteiger partial charge in [0, 0.05) is 23.7 Å². The molecule has 0 aliphatic heterocycles. The molecule has 0 saturated carbocycles. The first kappa shape index (κ1) is 32.7. The summed E-state index contributed by atoms with van der Waals surface area (Å²) >= 11 is 6.38. The number of carbonyl (C=O) groups excluding carboxylic acids is 2. The molecule has 0 radical (unpaired) electrons. The second kappa shape index (κ2) is 14.4. The van der Waals surface area contributed by atoms with E-state index in [1.165, 1.54) is 49.5 Å². The van der Waals surface area contributed by atoms with Gasteiger partial charge in [0.05, 0.1) is 24.8 Å². The lowest BCUT2D eigenvalue weighted by Gasteiger charge is -2.32. The van der Waals surface area contributed by atoms with Crippen LogP contribution >= 0.6 is 11.6 Å². The molecule has 0 spiro atoms. The Bertz CT molecular complexity index is 1500. The minimum atomic E-state index is -4.40. The Morgan fingerprint density at radius 2 is 1.62 bits per heavy atom. The first-order valence-electron chi connectivity index (χ1n) is 13.3. The summed E-state index contributed by atoms with van der Waals surface area (Å²) in [6.07, 6.45) is 0.679. The van der Waals surface area contributed by atoms with Crippen LogP contribution in [0.2, 0.25) is 5.02 Å². The molecule has 226 valence electrons. The zero-order valence-electron chi connectivity index (χ0n) is 24.1. The Labute approximate surface area is 251 Å². The second-order valence-corrected chi connectivity index (χ2v) is 11.9. The third kappa shape index (κ3) is 7.71. The van der Waals surface area contributed by atoms with Crippen LogP contribution in [0.1, 0.15) is 32.8 Å². The number of carbonyl (C=O) groups is 2. The van der Waals surface area contributed by atoms with Crippen molar-refractivity contribution in [3.63, 3.8) is 0 Å². The van der Waals surface area contributed by atoms with Gasteiger partial charge in [0.25, 0.3) is 10.0 Å². The molecule has 42 heavy (non-hydrogen) atoms. The molecule has 0 aromatic heterocycles. The highest BCUT2D eigenvalue weighted by molar-refractivity contribution is 7.92. The average Bonchev–Trinajstić information content (AvgIpc) is 2.98. The van der Waals surface area contributed by atoms with E-state index < -0.39 is 40.2 Å². The van der Waals surface area contributed by atoms with Crippen LogP contribution in [-0.4, -0.2) is 58.0 Å². The molecule has 2 amide bonds. The van der Waals surface area contributed by atoms with Crippen molar-refractivity contribution in [1.29, 1.82) is 0 Å². The second-order valence-electron chi connectivity index (χ2n) is 9.61. The number of benzene rings is 3. The fraction of sp³-hybridized carbons (Fsp3) is 0.333. The highest BCUT2D eigenvalue weighted by Gasteiger charge is 2.33. The summed E-state index contributed by atoms with van der Waals surface area (Å²) < 4.78 is 53.2. The fourth-order valence-corrected chi connectivity index (χ4v) is 5.72. The number of hydrogen-bond acceptors (Lipinski definition) is 6. The van der Waals surface area contributed by atoms with Crippen LogP contribution in [0.25, 0.3) is 0 Å². The molecule has 0 fully saturated rings. The molecule has 12 heteroatoms.